The highest BCUT2D eigenvalue weighted by Crippen LogP contribution is 2.71. The Morgan fingerprint density at radius 2 is 1.89 bits per heavy atom. The predicted octanol–water partition coefficient (Wildman–Crippen LogP) is 4.35. The van der Waals surface area contributed by atoms with Gasteiger partial charge in [0.25, 0.3) is 0 Å². The van der Waals surface area contributed by atoms with Gasteiger partial charge in [0.15, 0.2) is 0 Å². The molecule has 0 spiro atoms. The molecule has 0 aliphatic heterocycles. The second-order valence-corrected chi connectivity index (χ2v) is 7.68. The molecular weight excluding hydrogens is 236 g/mol. The molecule has 2 fully saturated rings. The van der Waals surface area contributed by atoms with Gasteiger partial charge in [-0.15, -0.1) is 0 Å². The van der Waals surface area contributed by atoms with E-state index in [1.807, 2.05) is 0 Å². The van der Waals surface area contributed by atoms with Crippen molar-refractivity contribution < 1.29 is 9.53 Å². The lowest BCUT2D eigenvalue weighted by molar-refractivity contribution is -0.188. The first-order chi connectivity index (χ1) is 8.56. The van der Waals surface area contributed by atoms with Crippen molar-refractivity contribution in [2.24, 2.45) is 22.2 Å². The first-order valence-corrected chi connectivity index (χ1v) is 7.41. The molecule has 0 aromatic carbocycles. The maximum atomic E-state index is 11.4. The van der Waals surface area contributed by atoms with Crippen LogP contribution in [0.5, 0.6) is 0 Å². The molecule has 0 aromatic rings. The van der Waals surface area contributed by atoms with Crippen LogP contribution in [0.2, 0.25) is 0 Å². The number of fused-ring (bicyclic) bond motifs is 1. The summed E-state index contributed by atoms with van der Waals surface area (Å²) in [6.45, 7) is 17.4. The number of hydrogen-bond donors (Lipinski definition) is 0. The molecule has 2 nitrogen and oxygen atoms in total. The Morgan fingerprint density at radius 3 is 2.42 bits per heavy atom. The summed E-state index contributed by atoms with van der Waals surface area (Å²) in [5, 5.41) is 0. The number of ether oxygens (including phenoxy) is 1. The zero-order chi connectivity index (χ0) is 14.6. The van der Waals surface area contributed by atoms with Gasteiger partial charge in [0.05, 0.1) is 0 Å². The Labute approximate surface area is 117 Å². The fraction of sp³-hybridized carbons (Fsp3) is 0.824. The molecule has 0 heterocycles. The third-order valence-electron chi connectivity index (χ3n) is 6.76. The summed E-state index contributed by atoms with van der Waals surface area (Å²) in [4.78, 5) is 11.4. The van der Waals surface area contributed by atoms with Gasteiger partial charge in [0, 0.05) is 12.3 Å². The Balaban J connectivity index is 2.45. The molecule has 0 N–H and O–H groups in total. The lowest BCUT2D eigenvalue weighted by Crippen LogP contribution is -2.58. The summed E-state index contributed by atoms with van der Waals surface area (Å²) in [6.07, 6.45) is 3.23. The molecule has 0 radical (unpaired) electrons. The summed E-state index contributed by atoms with van der Waals surface area (Å²) in [7, 11) is 0. The van der Waals surface area contributed by atoms with Gasteiger partial charge >= 0.3 is 5.97 Å². The highest BCUT2D eigenvalue weighted by molar-refractivity contribution is 5.66. The van der Waals surface area contributed by atoms with Crippen LogP contribution in [0.4, 0.5) is 0 Å². The Hall–Kier alpha value is -0.790. The number of carbonyl (C=O) groups is 1. The van der Waals surface area contributed by atoms with Gasteiger partial charge in [0.2, 0.25) is 0 Å². The van der Waals surface area contributed by atoms with E-state index in [9.17, 15) is 4.79 Å². The van der Waals surface area contributed by atoms with Crippen LogP contribution >= 0.6 is 0 Å². The van der Waals surface area contributed by atoms with E-state index in [1.54, 1.807) is 0 Å². The summed E-state index contributed by atoms with van der Waals surface area (Å²) < 4.78 is 5.64. The SMILES string of the molecule is C=C1C[C@@]2(C)CC[C@H](OC(C)=O)C(C)(C)[C@@]2(C)[C@@H]1C. The average Bonchev–Trinajstić information content (AvgIpc) is 2.46. The lowest BCUT2D eigenvalue weighted by atomic mass is 9.46. The Kier molecular flexibility index (Phi) is 3.15. The molecule has 0 unspecified atom stereocenters. The number of esters is 1. The second-order valence-electron chi connectivity index (χ2n) is 7.68. The molecule has 0 amide bonds. The summed E-state index contributed by atoms with van der Waals surface area (Å²) in [5.74, 6) is 0.320. The van der Waals surface area contributed by atoms with Crippen molar-refractivity contribution in [2.45, 2.75) is 66.9 Å². The fourth-order valence-corrected chi connectivity index (χ4v) is 5.00. The topological polar surface area (TPSA) is 26.3 Å². The van der Waals surface area contributed by atoms with E-state index in [0.717, 1.165) is 19.3 Å². The van der Waals surface area contributed by atoms with Crippen molar-refractivity contribution in [3.63, 3.8) is 0 Å². The van der Waals surface area contributed by atoms with Crippen molar-refractivity contribution in [1.82, 2.24) is 0 Å². The van der Waals surface area contributed by atoms with Crippen LogP contribution in [-0.4, -0.2) is 12.1 Å². The van der Waals surface area contributed by atoms with Crippen LogP contribution in [0.15, 0.2) is 12.2 Å². The quantitative estimate of drug-likeness (QED) is 0.520. The smallest absolute Gasteiger partial charge is 0.302 e. The van der Waals surface area contributed by atoms with Crippen LogP contribution in [0.1, 0.15) is 60.8 Å². The molecule has 0 aromatic heterocycles. The molecule has 2 aliphatic rings. The van der Waals surface area contributed by atoms with E-state index in [1.165, 1.54) is 12.5 Å². The normalized spacial score (nSPS) is 44.8. The summed E-state index contributed by atoms with van der Waals surface area (Å²) in [5.41, 5.74) is 1.76. The molecule has 2 heteroatoms. The standard InChI is InChI=1S/C17H28O2/c1-11-10-16(6)9-8-14(19-13(3)18)15(4,5)17(16,7)12(11)2/h12,14H,1,8-10H2,2-7H3/t12-,14+,16-,17-/m1/s1. The number of rotatable bonds is 1. The zero-order valence-electron chi connectivity index (χ0n) is 13.3. The molecule has 2 saturated carbocycles. The van der Waals surface area contributed by atoms with Crippen molar-refractivity contribution in [1.29, 1.82) is 0 Å². The molecule has 0 bridgehead atoms. The molecular formula is C17H28O2. The van der Waals surface area contributed by atoms with Gasteiger partial charge in [-0.05, 0) is 36.0 Å². The number of carbonyl (C=O) groups excluding carboxylic acids is 1. The van der Waals surface area contributed by atoms with E-state index in [4.69, 9.17) is 4.74 Å². The lowest BCUT2D eigenvalue weighted by Gasteiger charge is -2.60. The van der Waals surface area contributed by atoms with E-state index < -0.39 is 0 Å². The van der Waals surface area contributed by atoms with Gasteiger partial charge in [-0.1, -0.05) is 46.8 Å². The Morgan fingerprint density at radius 1 is 1.32 bits per heavy atom. The monoisotopic (exact) mass is 264 g/mol. The van der Waals surface area contributed by atoms with Crippen LogP contribution in [0.3, 0.4) is 0 Å². The fourth-order valence-electron chi connectivity index (χ4n) is 5.00. The first kappa shape index (κ1) is 14.6. The molecule has 108 valence electrons. The molecule has 2 aliphatic carbocycles. The van der Waals surface area contributed by atoms with E-state index in [2.05, 4.69) is 41.2 Å². The first-order valence-electron chi connectivity index (χ1n) is 7.41. The van der Waals surface area contributed by atoms with Gasteiger partial charge in [-0.2, -0.15) is 0 Å². The minimum absolute atomic E-state index is 0.0233. The second kappa shape index (κ2) is 4.10. The van der Waals surface area contributed by atoms with E-state index >= 15 is 0 Å². The maximum Gasteiger partial charge on any atom is 0.302 e. The highest BCUT2D eigenvalue weighted by atomic mass is 16.5. The van der Waals surface area contributed by atoms with Crippen LogP contribution in [0, 0.1) is 22.2 Å². The van der Waals surface area contributed by atoms with Crippen molar-refractivity contribution in [3.8, 4) is 0 Å². The van der Waals surface area contributed by atoms with Gasteiger partial charge in [-0.3, -0.25) is 4.79 Å². The van der Waals surface area contributed by atoms with E-state index in [0.29, 0.717) is 5.92 Å². The van der Waals surface area contributed by atoms with E-state index in [-0.39, 0.29) is 28.3 Å². The molecule has 19 heavy (non-hydrogen) atoms. The third-order valence-corrected chi connectivity index (χ3v) is 6.76. The predicted molar refractivity (Wildman–Crippen MR) is 77.7 cm³/mol. The van der Waals surface area contributed by atoms with Gasteiger partial charge in [-0.25, -0.2) is 0 Å². The number of hydrogen-bond acceptors (Lipinski definition) is 2. The van der Waals surface area contributed by atoms with Crippen molar-refractivity contribution in [3.05, 3.63) is 12.2 Å². The van der Waals surface area contributed by atoms with Gasteiger partial charge in [0.1, 0.15) is 6.10 Å². The summed E-state index contributed by atoms with van der Waals surface area (Å²) in [6, 6.07) is 0. The van der Waals surface area contributed by atoms with Gasteiger partial charge < -0.3 is 4.74 Å². The highest BCUT2D eigenvalue weighted by Gasteiger charge is 2.66. The molecule has 2 rings (SSSR count). The average molecular weight is 264 g/mol. The number of allylic oxidation sites excluding steroid dienone is 1. The molecule has 0 saturated heterocycles. The van der Waals surface area contributed by atoms with Crippen LogP contribution in [-0.2, 0) is 9.53 Å². The molecule has 4 atom stereocenters. The zero-order valence-corrected chi connectivity index (χ0v) is 13.3. The largest absolute Gasteiger partial charge is 0.462 e. The van der Waals surface area contributed by atoms with Crippen LogP contribution in [0.25, 0.3) is 0 Å². The maximum absolute atomic E-state index is 11.4. The minimum Gasteiger partial charge on any atom is -0.462 e. The third kappa shape index (κ3) is 1.71. The van der Waals surface area contributed by atoms with Crippen LogP contribution < -0.4 is 0 Å². The minimum atomic E-state index is -0.158. The Bertz CT molecular complexity index is 423. The van der Waals surface area contributed by atoms with Crippen molar-refractivity contribution in [2.75, 3.05) is 0 Å². The van der Waals surface area contributed by atoms with Crippen molar-refractivity contribution >= 4 is 5.97 Å². The summed E-state index contributed by atoms with van der Waals surface area (Å²) >= 11 is 0.